The Bertz CT molecular complexity index is 982. The minimum atomic E-state index is -1.23. The Morgan fingerprint density at radius 1 is 1.07 bits per heavy atom. The Hall–Kier alpha value is -3.23. The van der Waals surface area contributed by atoms with Gasteiger partial charge in [0, 0.05) is 18.4 Å². The van der Waals surface area contributed by atoms with Gasteiger partial charge in [0.1, 0.15) is 0 Å². The molecule has 150 valence electrons. The minimum absolute atomic E-state index is 0.124. The van der Waals surface area contributed by atoms with Gasteiger partial charge in [-0.25, -0.2) is 9.59 Å². The van der Waals surface area contributed by atoms with E-state index in [9.17, 15) is 19.2 Å². The zero-order valence-corrected chi connectivity index (χ0v) is 16.9. The lowest BCUT2D eigenvalue weighted by molar-refractivity contribution is -0.140. The SMILES string of the molecule is COC(=O)c1c(C)[nH]c(C(=O)C(C)OC(=O)C(=O)c2c(C)nn(C)c2C)c1C. The number of carbonyl (C=O) groups excluding carboxylic acids is 4. The molecule has 1 N–H and O–H groups in total. The number of Topliss-reactive ketones (excluding diaryl/α,β-unsaturated/α-hetero) is 2. The summed E-state index contributed by atoms with van der Waals surface area (Å²) < 4.78 is 11.3. The van der Waals surface area contributed by atoms with Gasteiger partial charge in [0.05, 0.1) is 29.6 Å². The second-order valence-electron chi connectivity index (χ2n) is 6.53. The number of hydrogen-bond donors (Lipinski definition) is 1. The Labute approximate surface area is 162 Å². The predicted octanol–water partition coefficient (Wildman–Crippen LogP) is 1.77. The molecule has 0 aliphatic heterocycles. The first kappa shape index (κ1) is 21.1. The van der Waals surface area contributed by atoms with Crippen molar-refractivity contribution in [2.45, 2.75) is 40.7 Å². The summed E-state index contributed by atoms with van der Waals surface area (Å²) >= 11 is 0. The number of rotatable bonds is 6. The molecule has 2 aromatic rings. The first-order valence-corrected chi connectivity index (χ1v) is 8.58. The lowest BCUT2D eigenvalue weighted by Gasteiger charge is -2.12. The van der Waals surface area contributed by atoms with E-state index in [1.54, 1.807) is 34.7 Å². The monoisotopic (exact) mass is 389 g/mol. The molecule has 1 atom stereocenters. The van der Waals surface area contributed by atoms with Crippen LogP contribution < -0.4 is 0 Å². The van der Waals surface area contributed by atoms with E-state index < -0.39 is 29.6 Å². The van der Waals surface area contributed by atoms with E-state index in [4.69, 9.17) is 9.47 Å². The molecule has 0 saturated carbocycles. The molecule has 0 spiro atoms. The molecule has 2 rings (SSSR count). The van der Waals surface area contributed by atoms with Crippen molar-refractivity contribution in [3.05, 3.63) is 39.5 Å². The van der Waals surface area contributed by atoms with E-state index in [0.717, 1.165) is 0 Å². The van der Waals surface area contributed by atoms with Crippen LogP contribution in [0.1, 0.15) is 60.8 Å². The maximum atomic E-state index is 12.7. The van der Waals surface area contributed by atoms with Crippen molar-refractivity contribution in [2.24, 2.45) is 7.05 Å². The third kappa shape index (κ3) is 3.60. The molecule has 28 heavy (non-hydrogen) atoms. The first-order valence-electron chi connectivity index (χ1n) is 8.58. The minimum Gasteiger partial charge on any atom is -0.465 e. The summed E-state index contributed by atoms with van der Waals surface area (Å²) in [6.45, 7) is 7.86. The number of aromatic nitrogens is 3. The average molecular weight is 389 g/mol. The van der Waals surface area contributed by atoms with Crippen LogP contribution in [0.25, 0.3) is 0 Å². The molecule has 0 aliphatic carbocycles. The topological polar surface area (TPSA) is 120 Å². The molecule has 0 aromatic carbocycles. The standard InChI is InChI=1S/C19H23N3O6/c1-8-13(18(25)27-7)9(2)20-15(8)16(23)12(5)28-19(26)17(24)14-10(3)21-22(6)11(14)4/h12,20H,1-7H3. The summed E-state index contributed by atoms with van der Waals surface area (Å²) in [7, 11) is 2.90. The van der Waals surface area contributed by atoms with Crippen LogP contribution in [0.4, 0.5) is 0 Å². The molecule has 0 radical (unpaired) electrons. The normalized spacial score (nSPS) is 11.8. The number of nitrogens with zero attached hydrogens (tertiary/aromatic N) is 2. The van der Waals surface area contributed by atoms with Crippen LogP contribution >= 0.6 is 0 Å². The molecule has 2 aromatic heterocycles. The number of aryl methyl sites for hydroxylation is 3. The Kier molecular flexibility index (Phi) is 5.86. The predicted molar refractivity (Wildman–Crippen MR) is 98.5 cm³/mol. The van der Waals surface area contributed by atoms with Gasteiger partial charge in [0.25, 0.3) is 5.78 Å². The van der Waals surface area contributed by atoms with Gasteiger partial charge in [-0.05, 0) is 40.2 Å². The number of hydrogen-bond acceptors (Lipinski definition) is 7. The van der Waals surface area contributed by atoms with Crippen LogP contribution in [0.15, 0.2) is 0 Å². The van der Waals surface area contributed by atoms with Crippen molar-refractivity contribution < 1.29 is 28.7 Å². The van der Waals surface area contributed by atoms with E-state index in [0.29, 0.717) is 22.6 Å². The summed E-state index contributed by atoms with van der Waals surface area (Å²) in [5.41, 5.74) is 2.32. The maximum Gasteiger partial charge on any atom is 0.380 e. The summed E-state index contributed by atoms with van der Waals surface area (Å²) in [4.78, 5) is 52.1. The lowest BCUT2D eigenvalue weighted by atomic mass is 10.1. The fourth-order valence-electron chi connectivity index (χ4n) is 3.08. The van der Waals surface area contributed by atoms with Crippen LogP contribution in [0, 0.1) is 27.7 Å². The molecule has 0 aliphatic rings. The highest BCUT2D eigenvalue weighted by Crippen LogP contribution is 2.21. The Balaban J connectivity index is 2.22. The Morgan fingerprint density at radius 2 is 1.68 bits per heavy atom. The fraction of sp³-hybridized carbons (Fsp3) is 0.421. The smallest absolute Gasteiger partial charge is 0.380 e. The van der Waals surface area contributed by atoms with Crippen LogP contribution in [-0.4, -0.2) is 51.5 Å². The number of esters is 2. The summed E-state index contributed by atoms with van der Waals surface area (Å²) in [6, 6.07) is 0. The number of ether oxygens (including phenoxy) is 2. The Morgan fingerprint density at radius 3 is 2.18 bits per heavy atom. The van der Waals surface area contributed by atoms with Crippen LogP contribution in [0.3, 0.4) is 0 Å². The van der Waals surface area contributed by atoms with Crippen molar-refractivity contribution >= 4 is 23.5 Å². The second kappa shape index (κ2) is 7.79. The van der Waals surface area contributed by atoms with Gasteiger partial charge in [-0.2, -0.15) is 5.10 Å². The molecule has 1 unspecified atom stereocenters. The number of ketones is 2. The summed E-state index contributed by atoms with van der Waals surface area (Å²) in [5.74, 6) is -3.14. The van der Waals surface area contributed by atoms with E-state index in [2.05, 4.69) is 10.1 Å². The fourth-order valence-corrected chi connectivity index (χ4v) is 3.08. The average Bonchev–Trinajstić information content (AvgIpc) is 3.07. The van der Waals surface area contributed by atoms with Gasteiger partial charge in [-0.3, -0.25) is 14.3 Å². The molecule has 9 heteroatoms. The summed E-state index contributed by atoms with van der Waals surface area (Å²) in [5, 5.41) is 4.10. The van der Waals surface area contributed by atoms with Crippen molar-refractivity contribution in [3.8, 4) is 0 Å². The van der Waals surface area contributed by atoms with Crippen LogP contribution in [0.5, 0.6) is 0 Å². The largest absolute Gasteiger partial charge is 0.465 e. The van der Waals surface area contributed by atoms with Gasteiger partial charge in [0.15, 0.2) is 6.10 Å². The van der Waals surface area contributed by atoms with Crippen molar-refractivity contribution in [3.63, 3.8) is 0 Å². The van der Waals surface area contributed by atoms with Crippen molar-refractivity contribution in [2.75, 3.05) is 7.11 Å². The quantitative estimate of drug-likeness (QED) is 0.454. The highest BCUT2D eigenvalue weighted by molar-refractivity contribution is 6.41. The molecule has 0 amide bonds. The highest BCUT2D eigenvalue weighted by Gasteiger charge is 2.31. The van der Waals surface area contributed by atoms with E-state index in [-0.39, 0.29) is 16.8 Å². The van der Waals surface area contributed by atoms with Crippen LogP contribution in [0.2, 0.25) is 0 Å². The number of aromatic amines is 1. The van der Waals surface area contributed by atoms with Gasteiger partial charge < -0.3 is 14.5 Å². The second-order valence-corrected chi connectivity index (χ2v) is 6.53. The van der Waals surface area contributed by atoms with Crippen molar-refractivity contribution in [1.29, 1.82) is 0 Å². The van der Waals surface area contributed by atoms with Gasteiger partial charge in [0.2, 0.25) is 5.78 Å². The van der Waals surface area contributed by atoms with E-state index in [1.165, 1.54) is 18.7 Å². The molecule has 0 saturated heterocycles. The molecular weight excluding hydrogens is 366 g/mol. The summed E-state index contributed by atoms with van der Waals surface area (Å²) in [6.07, 6.45) is -1.23. The van der Waals surface area contributed by atoms with Crippen molar-refractivity contribution in [1.82, 2.24) is 14.8 Å². The zero-order chi connectivity index (χ0) is 21.3. The highest BCUT2D eigenvalue weighted by atomic mass is 16.6. The molecule has 9 nitrogen and oxygen atoms in total. The number of methoxy groups -OCH3 is 1. The first-order chi connectivity index (χ1) is 13.0. The third-order valence-corrected chi connectivity index (χ3v) is 4.65. The molecule has 0 fully saturated rings. The zero-order valence-electron chi connectivity index (χ0n) is 16.9. The lowest BCUT2D eigenvalue weighted by Crippen LogP contribution is -2.29. The van der Waals surface area contributed by atoms with Gasteiger partial charge >= 0.3 is 11.9 Å². The molecule has 0 bridgehead atoms. The van der Waals surface area contributed by atoms with Gasteiger partial charge in [-0.1, -0.05) is 0 Å². The number of carbonyl (C=O) groups is 4. The molecular formula is C19H23N3O6. The third-order valence-electron chi connectivity index (χ3n) is 4.65. The van der Waals surface area contributed by atoms with E-state index >= 15 is 0 Å². The molecule has 2 heterocycles. The number of H-pyrrole nitrogens is 1. The maximum absolute atomic E-state index is 12.7. The van der Waals surface area contributed by atoms with E-state index in [1.807, 2.05) is 0 Å². The van der Waals surface area contributed by atoms with Gasteiger partial charge in [-0.15, -0.1) is 0 Å². The van der Waals surface area contributed by atoms with Crippen LogP contribution in [-0.2, 0) is 21.3 Å². The number of nitrogens with one attached hydrogen (secondary N) is 1.